The molecule has 2 aromatic rings. The molecule has 0 spiro atoms. The fourth-order valence-corrected chi connectivity index (χ4v) is 6.87. The fraction of sp³-hybridized carbons (Fsp3) is 0.588. The van der Waals surface area contributed by atoms with Crippen LogP contribution in [0.5, 0.6) is 0 Å². The summed E-state index contributed by atoms with van der Waals surface area (Å²) >= 11 is 0. The Kier molecular flexibility index (Phi) is 9.96. The zero-order valence-corrected chi connectivity index (χ0v) is 27.7. The van der Waals surface area contributed by atoms with Crippen LogP contribution in [0.4, 0.5) is 4.79 Å². The molecule has 2 atom stereocenters. The SMILES string of the molecule is CC(C)(C)OC(=O)N1CCC(CC(=O)N2CCN([C@H](c3ccccc3)c3ccc(S(C)(=O)=O)cc3)C[C@@H]2C(C)(C)C)CC1. The lowest BCUT2D eigenvalue weighted by Crippen LogP contribution is -2.60. The lowest BCUT2D eigenvalue weighted by molar-refractivity contribution is -0.141. The van der Waals surface area contributed by atoms with Crippen molar-refractivity contribution in [1.29, 1.82) is 0 Å². The molecule has 0 N–H and O–H groups in total. The van der Waals surface area contributed by atoms with Gasteiger partial charge in [0.1, 0.15) is 5.60 Å². The van der Waals surface area contributed by atoms with E-state index >= 15 is 0 Å². The molecule has 4 rings (SSSR count). The summed E-state index contributed by atoms with van der Waals surface area (Å²) in [5.74, 6) is 0.430. The molecule has 43 heavy (non-hydrogen) atoms. The van der Waals surface area contributed by atoms with Crippen molar-refractivity contribution in [3.8, 4) is 0 Å². The van der Waals surface area contributed by atoms with Crippen LogP contribution in [0.2, 0.25) is 0 Å². The second kappa shape index (κ2) is 13.0. The standard InChI is InChI=1S/C34H49N3O5S/c1-33(2,3)29-24-36(31(26-11-9-8-10-12-26)27-13-15-28(16-14-27)43(7,40)41)21-22-37(29)30(38)23-25-17-19-35(20-18-25)32(39)42-34(4,5)6/h8-16,25,29,31H,17-24H2,1-7H3/t29-,31-/m1/s1. The average Bonchev–Trinajstić information content (AvgIpc) is 2.92. The van der Waals surface area contributed by atoms with Gasteiger partial charge in [0.05, 0.1) is 10.9 Å². The third-order valence-corrected chi connectivity index (χ3v) is 9.69. The number of carbonyl (C=O) groups is 2. The Morgan fingerprint density at radius 2 is 1.44 bits per heavy atom. The quantitative estimate of drug-likeness (QED) is 0.412. The number of likely N-dealkylation sites (tertiary alicyclic amines) is 1. The van der Waals surface area contributed by atoms with Crippen molar-refractivity contribution in [3.05, 3.63) is 65.7 Å². The first-order valence-corrected chi connectivity index (χ1v) is 17.3. The molecule has 2 fully saturated rings. The molecule has 0 aliphatic carbocycles. The first-order valence-electron chi connectivity index (χ1n) is 15.4. The molecule has 236 valence electrons. The molecule has 9 heteroatoms. The number of carbonyl (C=O) groups excluding carboxylic acids is 2. The molecule has 2 aliphatic heterocycles. The van der Waals surface area contributed by atoms with Gasteiger partial charge in [-0.15, -0.1) is 0 Å². The minimum Gasteiger partial charge on any atom is -0.444 e. The molecular weight excluding hydrogens is 562 g/mol. The number of hydrogen-bond acceptors (Lipinski definition) is 6. The Hall–Kier alpha value is -2.91. The van der Waals surface area contributed by atoms with Gasteiger partial charge in [-0.3, -0.25) is 9.69 Å². The number of sulfone groups is 1. The van der Waals surface area contributed by atoms with E-state index in [1.54, 1.807) is 17.0 Å². The monoisotopic (exact) mass is 611 g/mol. The van der Waals surface area contributed by atoms with Crippen molar-refractivity contribution in [2.75, 3.05) is 39.0 Å². The van der Waals surface area contributed by atoms with E-state index in [0.717, 1.165) is 24.0 Å². The van der Waals surface area contributed by atoms with Crippen molar-refractivity contribution >= 4 is 21.8 Å². The van der Waals surface area contributed by atoms with Gasteiger partial charge in [0.25, 0.3) is 0 Å². The number of rotatable bonds is 6. The van der Waals surface area contributed by atoms with E-state index < -0.39 is 15.4 Å². The lowest BCUT2D eigenvalue weighted by Gasteiger charge is -2.50. The fourth-order valence-electron chi connectivity index (χ4n) is 6.24. The number of amides is 2. The maximum Gasteiger partial charge on any atom is 0.410 e. The molecule has 0 bridgehead atoms. The van der Waals surface area contributed by atoms with Crippen LogP contribution in [0.15, 0.2) is 59.5 Å². The molecule has 2 aromatic carbocycles. The van der Waals surface area contributed by atoms with Crippen LogP contribution in [0.3, 0.4) is 0 Å². The van der Waals surface area contributed by atoms with Crippen molar-refractivity contribution in [3.63, 3.8) is 0 Å². The van der Waals surface area contributed by atoms with Gasteiger partial charge >= 0.3 is 6.09 Å². The van der Waals surface area contributed by atoms with E-state index in [-0.39, 0.29) is 35.4 Å². The number of benzene rings is 2. The summed E-state index contributed by atoms with van der Waals surface area (Å²) < 4.78 is 29.7. The predicted molar refractivity (Wildman–Crippen MR) is 170 cm³/mol. The zero-order valence-electron chi connectivity index (χ0n) is 26.9. The van der Waals surface area contributed by atoms with Gasteiger partial charge in [-0.05, 0) is 68.2 Å². The van der Waals surface area contributed by atoms with E-state index in [4.69, 9.17) is 4.74 Å². The number of ether oxygens (including phenoxy) is 1. The lowest BCUT2D eigenvalue weighted by atomic mass is 9.82. The summed E-state index contributed by atoms with van der Waals surface area (Å²) in [7, 11) is -3.29. The van der Waals surface area contributed by atoms with Gasteiger partial charge in [-0.2, -0.15) is 0 Å². The number of hydrogen-bond donors (Lipinski definition) is 0. The smallest absolute Gasteiger partial charge is 0.410 e. The first-order chi connectivity index (χ1) is 20.0. The highest BCUT2D eigenvalue weighted by atomic mass is 32.2. The van der Waals surface area contributed by atoms with E-state index in [1.165, 1.54) is 6.26 Å². The Balaban J connectivity index is 1.48. The van der Waals surface area contributed by atoms with E-state index in [9.17, 15) is 18.0 Å². The Morgan fingerprint density at radius 3 is 1.98 bits per heavy atom. The van der Waals surface area contributed by atoms with Crippen molar-refractivity contribution in [2.45, 2.75) is 83.4 Å². The zero-order chi connectivity index (χ0) is 31.6. The molecule has 0 aromatic heterocycles. The van der Waals surface area contributed by atoms with Crippen molar-refractivity contribution in [1.82, 2.24) is 14.7 Å². The third-order valence-electron chi connectivity index (χ3n) is 8.57. The van der Waals surface area contributed by atoms with Crippen LogP contribution < -0.4 is 0 Å². The van der Waals surface area contributed by atoms with Gasteiger partial charge in [0.2, 0.25) is 5.91 Å². The van der Waals surface area contributed by atoms with E-state index in [0.29, 0.717) is 44.0 Å². The minimum atomic E-state index is -3.29. The van der Waals surface area contributed by atoms with Gasteiger partial charge < -0.3 is 14.5 Å². The Morgan fingerprint density at radius 1 is 0.860 bits per heavy atom. The highest BCUT2D eigenvalue weighted by Crippen LogP contribution is 2.36. The second-order valence-electron chi connectivity index (χ2n) is 14.2. The summed E-state index contributed by atoms with van der Waals surface area (Å²) in [6.07, 6.45) is 3.03. The van der Waals surface area contributed by atoms with E-state index in [2.05, 4.69) is 42.7 Å². The second-order valence-corrected chi connectivity index (χ2v) is 16.2. The van der Waals surface area contributed by atoms with Crippen LogP contribution in [-0.2, 0) is 19.4 Å². The number of nitrogens with zero attached hydrogens (tertiary/aromatic N) is 3. The van der Waals surface area contributed by atoms with Gasteiger partial charge in [-0.1, -0.05) is 63.2 Å². The molecule has 2 aliphatic rings. The molecule has 0 saturated carbocycles. The van der Waals surface area contributed by atoms with Gasteiger partial charge in [0, 0.05) is 51.4 Å². The molecule has 0 unspecified atom stereocenters. The molecular formula is C34H49N3O5S. The maximum absolute atomic E-state index is 13.8. The van der Waals surface area contributed by atoms with Crippen LogP contribution in [0.1, 0.15) is 78.0 Å². The maximum atomic E-state index is 13.8. The summed E-state index contributed by atoms with van der Waals surface area (Å²) in [5, 5.41) is 0. The Bertz CT molecular complexity index is 1360. The minimum absolute atomic E-state index is 0.0112. The number of piperazine rings is 1. The predicted octanol–water partition coefficient (Wildman–Crippen LogP) is 5.78. The van der Waals surface area contributed by atoms with Crippen molar-refractivity contribution < 1.29 is 22.7 Å². The molecule has 2 heterocycles. The summed E-state index contributed by atoms with van der Waals surface area (Å²) in [5.41, 5.74) is 1.50. The van der Waals surface area contributed by atoms with Gasteiger partial charge in [-0.25, -0.2) is 13.2 Å². The molecule has 2 saturated heterocycles. The van der Waals surface area contributed by atoms with Gasteiger partial charge in [0.15, 0.2) is 9.84 Å². The largest absolute Gasteiger partial charge is 0.444 e. The third kappa shape index (κ3) is 8.60. The normalized spacial score (nSPS) is 20.1. The number of piperidine rings is 1. The topological polar surface area (TPSA) is 87.2 Å². The average molecular weight is 612 g/mol. The van der Waals surface area contributed by atoms with Crippen LogP contribution in [-0.4, -0.2) is 85.7 Å². The first kappa shape index (κ1) is 33.0. The highest BCUT2D eigenvalue weighted by Gasteiger charge is 2.41. The summed E-state index contributed by atoms with van der Waals surface area (Å²) in [4.78, 5) is 32.9. The van der Waals surface area contributed by atoms with Crippen LogP contribution in [0.25, 0.3) is 0 Å². The summed E-state index contributed by atoms with van der Waals surface area (Å²) in [6.45, 7) is 15.5. The molecule has 0 radical (unpaired) electrons. The summed E-state index contributed by atoms with van der Waals surface area (Å²) in [6, 6.07) is 17.5. The van der Waals surface area contributed by atoms with E-state index in [1.807, 2.05) is 51.1 Å². The Labute approximate surface area is 258 Å². The van der Waals surface area contributed by atoms with Crippen LogP contribution >= 0.6 is 0 Å². The highest BCUT2D eigenvalue weighted by molar-refractivity contribution is 7.90. The van der Waals surface area contributed by atoms with Crippen LogP contribution in [0, 0.1) is 11.3 Å². The molecule has 8 nitrogen and oxygen atoms in total. The van der Waals surface area contributed by atoms with Crippen molar-refractivity contribution in [2.24, 2.45) is 11.3 Å². The molecule has 2 amide bonds.